The molecule has 0 saturated heterocycles. The van der Waals surface area contributed by atoms with Gasteiger partial charge < -0.3 is 5.32 Å². The summed E-state index contributed by atoms with van der Waals surface area (Å²) in [5.41, 5.74) is 0.369. The second-order valence-corrected chi connectivity index (χ2v) is 5.32. The first kappa shape index (κ1) is 13.9. The Bertz CT molecular complexity index is 616. The molecule has 0 saturated carbocycles. The van der Waals surface area contributed by atoms with E-state index in [2.05, 4.69) is 15.5 Å². The van der Waals surface area contributed by atoms with Crippen molar-refractivity contribution in [3.05, 3.63) is 38.3 Å². The molecule has 100 valence electrons. The molecule has 0 bridgehead atoms. The molecule has 0 amide bonds. The van der Waals surface area contributed by atoms with Gasteiger partial charge in [0.15, 0.2) is 5.01 Å². The maximum Gasteiger partial charge on any atom is 0.281 e. The van der Waals surface area contributed by atoms with Crippen LogP contribution in [0.2, 0.25) is 5.02 Å². The summed E-state index contributed by atoms with van der Waals surface area (Å²) in [5.74, 6) is 0. The Balaban J connectivity index is 2.47. The number of aromatic nitrogens is 2. The number of rotatable bonds is 4. The number of hydrogen-bond acceptors (Lipinski definition) is 6. The lowest BCUT2D eigenvalue weighted by Crippen LogP contribution is -2.11. The van der Waals surface area contributed by atoms with Crippen molar-refractivity contribution < 1.29 is 4.92 Å². The highest BCUT2D eigenvalue weighted by Gasteiger charge is 2.20. The molecule has 1 heterocycles. The summed E-state index contributed by atoms with van der Waals surface area (Å²) >= 11 is 7.10. The van der Waals surface area contributed by atoms with Gasteiger partial charge in [-0.15, -0.1) is 10.2 Å². The second-order valence-electron chi connectivity index (χ2n) is 3.87. The Morgan fingerprint density at radius 1 is 1.47 bits per heavy atom. The molecule has 6 nitrogen and oxygen atoms in total. The minimum Gasteiger partial charge on any atom is -0.311 e. The molecule has 0 aliphatic carbocycles. The topological polar surface area (TPSA) is 81.0 Å². The Hall–Kier alpha value is -1.57. The van der Waals surface area contributed by atoms with Gasteiger partial charge in [0.1, 0.15) is 5.01 Å². The summed E-state index contributed by atoms with van der Waals surface area (Å²) in [6.45, 7) is 1.95. The van der Waals surface area contributed by atoms with Crippen LogP contribution in [0, 0.1) is 10.1 Å². The highest BCUT2D eigenvalue weighted by molar-refractivity contribution is 7.14. The minimum atomic E-state index is -0.468. The van der Waals surface area contributed by atoms with E-state index >= 15 is 0 Å². The number of nitro groups is 1. The summed E-state index contributed by atoms with van der Waals surface area (Å²) in [7, 11) is 1.82. The van der Waals surface area contributed by atoms with Crippen molar-refractivity contribution in [2.75, 3.05) is 7.05 Å². The molecule has 19 heavy (non-hydrogen) atoms. The number of nitro benzene ring substituents is 1. The Morgan fingerprint density at radius 2 is 2.21 bits per heavy atom. The Morgan fingerprint density at radius 3 is 2.84 bits per heavy atom. The van der Waals surface area contributed by atoms with Crippen LogP contribution in [-0.2, 0) is 0 Å². The van der Waals surface area contributed by atoms with E-state index < -0.39 is 4.92 Å². The third-order valence-corrected chi connectivity index (χ3v) is 4.01. The van der Waals surface area contributed by atoms with Crippen molar-refractivity contribution in [3.8, 4) is 10.6 Å². The van der Waals surface area contributed by atoms with Gasteiger partial charge in [0.2, 0.25) is 0 Å². The molecule has 0 aliphatic rings. The molecule has 1 atom stereocenters. The summed E-state index contributed by atoms with van der Waals surface area (Å²) in [5, 5.41) is 23.7. The molecule has 1 aromatic carbocycles. The van der Waals surface area contributed by atoms with Crippen molar-refractivity contribution >= 4 is 28.6 Å². The van der Waals surface area contributed by atoms with Crippen molar-refractivity contribution in [1.82, 2.24) is 15.5 Å². The van der Waals surface area contributed by atoms with Crippen molar-refractivity contribution in [2.24, 2.45) is 0 Å². The molecule has 0 radical (unpaired) electrons. The molecule has 1 unspecified atom stereocenters. The molecule has 0 spiro atoms. The molecular weight excluding hydrogens is 288 g/mol. The summed E-state index contributed by atoms with van der Waals surface area (Å²) in [4.78, 5) is 10.6. The highest BCUT2D eigenvalue weighted by atomic mass is 35.5. The molecule has 2 rings (SSSR count). The number of benzene rings is 1. The number of nitrogens with zero attached hydrogens (tertiary/aromatic N) is 3. The fraction of sp³-hybridized carbons (Fsp3) is 0.273. The molecule has 1 N–H and O–H groups in total. The van der Waals surface area contributed by atoms with Crippen LogP contribution in [0.25, 0.3) is 10.6 Å². The lowest BCUT2D eigenvalue weighted by atomic mass is 10.2. The number of hydrogen-bond donors (Lipinski definition) is 1. The summed E-state index contributed by atoms with van der Waals surface area (Å²) < 4.78 is 0. The first-order valence-corrected chi connectivity index (χ1v) is 6.67. The van der Waals surface area contributed by atoms with Crippen LogP contribution in [0.3, 0.4) is 0 Å². The second kappa shape index (κ2) is 5.60. The first-order chi connectivity index (χ1) is 9.02. The third-order valence-electron chi connectivity index (χ3n) is 2.63. The van der Waals surface area contributed by atoms with Gasteiger partial charge in [-0.2, -0.15) is 0 Å². The van der Waals surface area contributed by atoms with Crippen LogP contribution in [0.4, 0.5) is 5.69 Å². The number of nitrogens with one attached hydrogen (secondary N) is 1. The van der Waals surface area contributed by atoms with Gasteiger partial charge in [0, 0.05) is 11.1 Å². The summed E-state index contributed by atoms with van der Waals surface area (Å²) in [6.07, 6.45) is 0. The van der Waals surface area contributed by atoms with Gasteiger partial charge in [-0.1, -0.05) is 22.9 Å². The van der Waals surface area contributed by atoms with Crippen molar-refractivity contribution in [2.45, 2.75) is 13.0 Å². The first-order valence-electron chi connectivity index (χ1n) is 5.48. The molecule has 0 fully saturated rings. The van der Waals surface area contributed by atoms with Gasteiger partial charge in [0.05, 0.1) is 16.5 Å². The Labute approximate surface area is 118 Å². The van der Waals surface area contributed by atoms with Crippen molar-refractivity contribution in [3.63, 3.8) is 0 Å². The van der Waals surface area contributed by atoms with E-state index in [0.717, 1.165) is 5.01 Å². The predicted octanol–water partition coefficient (Wildman–Crippen LogP) is 3.05. The van der Waals surface area contributed by atoms with Crippen LogP contribution < -0.4 is 5.32 Å². The van der Waals surface area contributed by atoms with E-state index in [9.17, 15) is 10.1 Å². The highest BCUT2D eigenvalue weighted by Crippen LogP contribution is 2.34. The monoisotopic (exact) mass is 298 g/mol. The van der Waals surface area contributed by atoms with E-state index in [1.165, 1.54) is 17.4 Å². The van der Waals surface area contributed by atoms with Crippen LogP contribution in [-0.4, -0.2) is 22.2 Å². The molecule has 0 aliphatic heterocycles. The largest absolute Gasteiger partial charge is 0.311 e. The zero-order valence-electron chi connectivity index (χ0n) is 10.3. The quantitative estimate of drug-likeness (QED) is 0.693. The average Bonchev–Trinajstić information content (AvgIpc) is 2.87. The van der Waals surface area contributed by atoms with Gasteiger partial charge in [-0.25, -0.2) is 0 Å². The lowest BCUT2D eigenvalue weighted by molar-refractivity contribution is -0.384. The predicted molar refractivity (Wildman–Crippen MR) is 74.5 cm³/mol. The SMILES string of the molecule is CNC(C)c1nnc(-c2ccc(Cl)cc2[N+](=O)[O-])s1. The van der Waals surface area contributed by atoms with Crippen molar-refractivity contribution in [1.29, 1.82) is 0 Å². The van der Waals surface area contributed by atoms with Gasteiger partial charge in [-0.05, 0) is 26.1 Å². The zero-order valence-corrected chi connectivity index (χ0v) is 11.8. The smallest absolute Gasteiger partial charge is 0.281 e. The molecule has 8 heteroatoms. The molecule has 1 aromatic heterocycles. The van der Waals surface area contributed by atoms with Gasteiger partial charge in [0.25, 0.3) is 5.69 Å². The van der Waals surface area contributed by atoms with Crippen LogP contribution >= 0.6 is 22.9 Å². The maximum atomic E-state index is 11.0. The Kier molecular flexibility index (Phi) is 4.08. The van der Waals surface area contributed by atoms with Crippen LogP contribution in [0.1, 0.15) is 18.0 Å². The van der Waals surface area contributed by atoms with Crippen LogP contribution in [0.15, 0.2) is 18.2 Å². The minimum absolute atomic E-state index is 0.0533. The summed E-state index contributed by atoms with van der Waals surface area (Å²) in [6, 6.07) is 4.57. The third kappa shape index (κ3) is 2.89. The van der Waals surface area contributed by atoms with E-state index in [4.69, 9.17) is 11.6 Å². The fourth-order valence-corrected chi connectivity index (χ4v) is 2.58. The van der Waals surface area contributed by atoms with E-state index in [1.54, 1.807) is 12.1 Å². The van der Waals surface area contributed by atoms with E-state index in [1.807, 2.05) is 14.0 Å². The number of halogens is 1. The lowest BCUT2D eigenvalue weighted by Gasteiger charge is -2.03. The van der Waals surface area contributed by atoms with Gasteiger partial charge >= 0.3 is 0 Å². The molecular formula is C11H11ClN4O2S. The van der Waals surface area contributed by atoms with E-state index in [0.29, 0.717) is 15.6 Å². The van der Waals surface area contributed by atoms with Crippen LogP contribution in [0.5, 0.6) is 0 Å². The maximum absolute atomic E-state index is 11.0. The average molecular weight is 299 g/mol. The fourth-order valence-electron chi connectivity index (χ4n) is 1.48. The zero-order chi connectivity index (χ0) is 14.0. The normalized spacial score (nSPS) is 12.4. The van der Waals surface area contributed by atoms with E-state index in [-0.39, 0.29) is 11.7 Å². The standard InChI is InChI=1S/C11H11ClN4O2S/c1-6(13-2)10-14-15-11(19-10)8-4-3-7(12)5-9(8)16(17)18/h3-6,13H,1-2H3. The molecule has 2 aromatic rings. The van der Waals surface area contributed by atoms with Gasteiger partial charge in [-0.3, -0.25) is 10.1 Å².